The SMILES string of the molecule is CCOc1ccc(P(=O)(O)OP(=O)(O)OP(=O)(O)OP(=O)(O)OC[C@H]2O[C@@H](n3ccc(=O)[nH]c3=O)[C@@H](OC(=O)c3ccccc3)C2OC(=O)c2ccccc2)cc1. The quantitative estimate of drug-likeness (QED) is 0.0751. The monoisotopic (exact) mass is 876 g/mol. The highest BCUT2D eigenvalue weighted by atomic mass is 31.3. The maximum atomic E-state index is 13.3. The fourth-order valence-corrected chi connectivity index (χ4v) is 10.5. The molecule has 1 aliphatic rings. The number of hydrogen-bond acceptors (Lipinski definition) is 16. The zero-order chi connectivity index (χ0) is 41.6. The Labute approximate surface area is 320 Å². The van der Waals surface area contributed by atoms with Crippen LogP contribution >= 0.6 is 31.1 Å². The van der Waals surface area contributed by atoms with Gasteiger partial charge in [0.05, 0.1) is 29.6 Å². The number of carbonyl (C=O) groups is 2. The van der Waals surface area contributed by atoms with Gasteiger partial charge < -0.3 is 38.5 Å². The van der Waals surface area contributed by atoms with Crippen LogP contribution in [0.15, 0.2) is 107 Å². The number of nitrogens with zero attached hydrogens (tertiary/aromatic N) is 1. The summed E-state index contributed by atoms with van der Waals surface area (Å²) in [5.74, 6) is -1.81. The number of benzene rings is 3. The van der Waals surface area contributed by atoms with Crippen molar-refractivity contribution in [3.8, 4) is 5.75 Å². The lowest BCUT2D eigenvalue weighted by Gasteiger charge is -2.25. The number of nitrogens with one attached hydrogen (secondary N) is 1. The highest BCUT2D eigenvalue weighted by molar-refractivity contribution is 7.73. The second-order valence-corrected chi connectivity index (χ2v) is 18.0. The molecule has 5 rings (SSSR count). The molecule has 22 nitrogen and oxygen atoms in total. The largest absolute Gasteiger partial charge is 0.494 e. The first kappa shape index (κ1) is 43.8. The first-order valence-electron chi connectivity index (χ1n) is 16.1. The summed E-state index contributed by atoms with van der Waals surface area (Å²) < 4.78 is 90.8. The van der Waals surface area contributed by atoms with E-state index in [0.29, 0.717) is 0 Å². The second kappa shape index (κ2) is 18.1. The fourth-order valence-electron chi connectivity index (χ4n) is 5.06. The zero-order valence-corrected chi connectivity index (χ0v) is 32.6. The molecule has 2 heterocycles. The summed E-state index contributed by atoms with van der Waals surface area (Å²) in [6, 6.07) is 19.9. The van der Waals surface area contributed by atoms with E-state index in [1.807, 2.05) is 4.98 Å². The highest BCUT2D eigenvalue weighted by Crippen LogP contribution is 2.71. The van der Waals surface area contributed by atoms with Crippen LogP contribution in [0.1, 0.15) is 33.9 Å². The molecule has 26 heteroatoms. The molecule has 5 N–H and O–H groups in total. The second-order valence-electron chi connectivity index (χ2n) is 11.4. The van der Waals surface area contributed by atoms with Gasteiger partial charge in [-0.3, -0.25) is 23.4 Å². The molecule has 3 aromatic carbocycles. The molecular formula is C31H32N2O20P4. The lowest BCUT2D eigenvalue weighted by atomic mass is 10.1. The predicted molar refractivity (Wildman–Crippen MR) is 192 cm³/mol. The Hall–Kier alpha value is -4.36. The Morgan fingerprint density at radius 3 is 1.79 bits per heavy atom. The molecule has 0 amide bonds. The van der Waals surface area contributed by atoms with Gasteiger partial charge in [0, 0.05) is 12.3 Å². The third-order valence-corrected chi connectivity index (χ3v) is 13.9. The Morgan fingerprint density at radius 2 is 1.25 bits per heavy atom. The van der Waals surface area contributed by atoms with E-state index in [4.69, 9.17) is 23.5 Å². The maximum Gasteiger partial charge on any atom is 0.490 e. The van der Waals surface area contributed by atoms with Gasteiger partial charge in [0.1, 0.15) is 11.9 Å². The summed E-state index contributed by atoms with van der Waals surface area (Å²) in [4.78, 5) is 93.9. The first-order valence-corrected chi connectivity index (χ1v) is 22.2. The Morgan fingerprint density at radius 1 is 0.719 bits per heavy atom. The van der Waals surface area contributed by atoms with E-state index in [2.05, 4.69) is 12.9 Å². The summed E-state index contributed by atoms with van der Waals surface area (Å²) in [7, 11) is -23.4. The van der Waals surface area contributed by atoms with Crippen molar-refractivity contribution >= 4 is 48.3 Å². The minimum absolute atomic E-state index is 0.00737. The summed E-state index contributed by atoms with van der Waals surface area (Å²) in [6.07, 6.45) is -6.16. The van der Waals surface area contributed by atoms with Crippen molar-refractivity contribution in [1.82, 2.24) is 9.55 Å². The molecule has 4 aromatic rings. The number of H-pyrrole nitrogens is 1. The van der Waals surface area contributed by atoms with Crippen molar-refractivity contribution in [3.05, 3.63) is 129 Å². The Bertz CT molecular complexity index is 2370. The molecule has 1 saturated heterocycles. The van der Waals surface area contributed by atoms with Gasteiger partial charge in [-0.15, -0.1) is 0 Å². The number of phosphoric acid groups is 3. The molecule has 1 fully saturated rings. The molecule has 0 spiro atoms. The van der Waals surface area contributed by atoms with E-state index in [1.165, 1.54) is 60.7 Å². The average molecular weight is 876 g/mol. The standard InChI is InChI=1S/C31H32N2O20P4/c1-2-46-22-13-15-23(16-14-22)54(38,39)51-56(42,43)53-57(44,45)52-55(40,41)47-19-24-26(49-29(35)20-9-5-3-6-10-20)27(50-30(36)21-11-7-4-8-12-21)28(48-24)33-18-17-25(34)32-31(33)37/h3-18,24,26-28H,2,19H2,1H3,(H,38,39)(H,40,41)(H,42,43)(H,44,45)(H,32,34,37)/t24-,26?,27+,28-/m1/s1. The number of aromatic amines is 1. The van der Waals surface area contributed by atoms with Gasteiger partial charge in [-0.25, -0.2) is 32.4 Å². The van der Waals surface area contributed by atoms with Crippen LogP contribution in [0.2, 0.25) is 0 Å². The highest BCUT2D eigenvalue weighted by Gasteiger charge is 2.53. The minimum Gasteiger partial charge on any atom is -0.494 e. The molecule has 1 aliphatic heterocycles. The smallest absolute Gasteiger partial charge is 0.490 e. The van der Waals surface area contributed by atoms with Gasteiger partial charge in [0.2, 0.25) is 0 Å². The van der Waals surface area contributed by atoms with Crippen molar-refractivity contribution in [2.24, 2.45) is 0 Å². The third-order valence-electron chi connectivity index (χ3n) is 7.42. The van der Waals surface area contributed by atoms with Gasteiger partial charge in [0.15, 0.2) is 18.4 Å². The van der Waals surface area contributed by atoms with E-state index >= 15 is 0 Å². The van der Waals surface area contributed by atoms with Crippen LogP contribution in [-0.4, -0.2) is 72.6 Å². The summed E-state index contributed by atoms with van der Waals surface area (Å²) in [6.45, 7) is 0.681. The topological polar surface area (TPSA) is 312 Å². The normalized spacial score (nSPS) is 22.2. The lowest BCUT2D eigenvalue weighted by molar-refractivity contribution is -0.0597. The molecule has 0 saturated carbocycles. The summed E-state index contributed by atoms with van der Waals surface area (Å²) in [5.41, 5.74) is -1.96. The van der Waals surface area contributed by atoms with Crippen molar-refractivity contribution in [2.75, 3.05) is 13.2 Å². The molecule has 306 valence electrons. The van der Waals surface area contributed by atoms with Crippen molar-refractivity contribution < 1.29 is 83.8 Å². The molecule has 5 unspecified atom stereocenters. The third kappa shape index (κ3) is 11.8. The molecule has 57 heavy (non-hydrogen) atoms. The van der Waals surface area contributed by atoms with E-state index in [0.717, 1.165) is 29.0 Å². The number of aromatic nitrogens is 2. The first-order chi connectivity index (χ1) is 26.8. The van der Waals surface area contributed by atoms with Crippen LogP contribution in [0.25, 0.3) is 0 Å². The molecule has 0 aliphatic carbocycles. The van der Waals surface area contributed by atoms with E-state index < -0.39 is 90.7 Å². The van der Waals surface area contributed by atoms with Crippen molar-refractivity contribution in [1.29, 1.82) is 0 Å². The van der Waals surface area contributed by atoms with Crippen molar-refractivity contribution in [3.63, 3.8) is 0 Å². The van der Waals surface area contributed by atoms with E-state index in [1.54, 1.807) is 19.1 Å². The number of rotatable bonds is 17. The van der Waals surface area contributed by atoms with Gasteiger partial charge in [0.25, 0.3) is 5.56 Å². The maximum absolute atomic E-state index is 13.3. The van der Waals surface area contributed by atoms with E-state index in [-0.39, 0.29) is 23.5 Å². The number of ether oxygens (including phenoxy) is 4. The van der Waals surface area contributed by atoms with E-state index in [9.17, 15) is 57.0 Å². The average Bonchev–Trinajstić information content (AvgIpc) is 3.46. The van der Waals surface area contributed by atoms with Crippen molar-refractivity contribution in [2.45, 2.75) is 31.5 Å². The van der Waals surface area contributed by atoms with Gasteiger partial charge in [-0.2, -0.15) is 8.62 Å². The number of esters is 2. The van der Waals surface area contributed by atoms with Crippen LogP contribution in [-0.2, 0) is 49.9 Å². The van der Waals surface area contributed by atoms with Gasteiger partial charge in [-0.05, 0) is 55.5 Å². The molecular weight excluding hydrogens is 844 g/mol. The molecule has 1 aromatic heterocycles. The fraction of sp³-hybridized carbons (Fsp3) is 0.226. The molecule has 0 bridgehead atoms. The lowest BCUT2D eigenvalue weighted by Crippen LogP contribution is -2.42. The van der Waals surface area contributed by atoms with Gasteiger partial charge >= 0.3 is 48.7 Å². The molecule has 8 atom stereocenters. The molecule has 0 radical (unpaired) electrons. The van der Waals surface area contributed by atoms with Crippen LogP contribution in [0.3, 0.4) is 0 Å². The van der Waals surface area contributed by atoms with Crippen LogP contribution in [0.4, 0.5) is 0 Å². The summed E-state index contributed by atoms with van der Waals surface area (Å²) >= 11 is 0. The van der Waals surface area contributed by atoms with Crippen LogP contribution in [0.5, 0.6) is 5.75 Å². The number of phosphoric ester groups is 1. The van der Waals surface area contributed by atoms with Gasteiger partial charge in [-0.1, -0.05) is 36.4 Å². The minimum atomic E-state index is -6.21. The van der Waals surface area contributed by atoms with Crippen LogP contribution in [0, 0.1) is 0 Å². The summed E-state index contributed by atoms with van der Waals surface area (Å²) in [5, 5.41) is -0.581. The number of carbonyl (C=O) groups excluding carboxylic acids is 2. The Balaban J connectivity index is 1.37. The number of hydrogen-bond donors (Lipinski definition) is 5. The van der Waals surface area contributed by atoms with Crippen LogP contribution < -0.4 is 21.3 Å². The zero-order valence-electron chi connectivity index (χ0n) is 29.0. The predicted octanol–water partition coefficient (Wildman–Crippen LogP) is 3.16. The Kier molecular flexibility index (Phi) is 13.9.